The number of benzene rings is 1. The van der Waals surface area contributed by atoms with Crippen LogP contribution in [0.15, 0.2) is 42.7 Å². The topological polar surface area (TPSA) is 141 Å². The van der Waals surface area contributed by atoms with Crippen LogP contribution < -0.4 is 20.3 Å². The molecule has 0 radical (unpaired) electrons. The molecule has 1 aromatic carbocycles. The first-order valence-electron chi connectivity index (χ1n) is 12.2. The maximum Gasteiger partial charge on any atom is 0.405 e. The zero-order chi connectivity index (χ0) is 26.0. The van der Waals surface area contributed by atoms with Crippen molar-refractivity contribution in [1.82, 2.24) is 30.5 Å². The number of carboxylic acid groups (broad SMARTS) is 1. The van der Waals surface area contributed by atoms with Crippen LogP contribution in [-0.4, -0.2) is 62.1 Å². The normalized spacial score (nSPS) is 14.9. The van der Waals surface area contributed by atoms with Crippen LogP contribution in [0.3, 0.4) is 0 Å². The minimum Gasteiger partial charge on any atom is -0.497 e. The first-order valence-corrected chi connectivity index (χ1v) is 12.2. The van der Waals surface area contributed by atoms with Gasteiger partial charge in [-0.15, -0.1) is 0 Å². The molecule has 192 valence electrons. The molecule has 0 unspecified atom stereocenters. The smallest absolute Gasteiger partial charge is 0.405 e. The summed E-state index contributed by atoms with van der Waals surface area (Å²) in [6.07, 6.45) is 3.91. The van der Waals surface area contributed by atoms with E-state index >= 15 is 0 Å². The van der Waals surface area contributed by atoms with E-state index < -0.39 is 11.6 Å². The molecule has 5 rings (SSSR count). The highest BCUT2D eigenvalue weighted by Gasteiger charge is 2.32. The Hall–Kier alpha value is -4.41. The van der Waals surface area contributed by atoms with Crippen molar-refractivity contribution in [2.24, 2.45) is 0 Å². The average Bonchev–Trinajstić information content (AvgIpc) is 3.31. The summed E-state index contributed by atoms with van der Waals surface area (Å²) < 4.78 is 5.23. The van der Waals surface area contributed by atoms with E-state index in [0.29, 0.717) is 43.6 Å². The summed E-state index contributed by atoms with van der Waals surface area (Å²) in [5.41, 5.74) is 4.63. The van der Waals surface area contributed by atoms with Gasteiger partial charge in [-0.05, 0) is 50.5 Å². The highest BCUT2D eigenvalue weighted by molar-refractivity contribution is 5.89. The first-order chi connectivity index (χ1) is 17.8. The van der Waals surface area contributed by atoms with Crippen LogP contribution in [0.1, 0.15) is 30.9 Å². The van der Waals surface area contributed by atoms with Gasteiger partial charge in [0, 0.05) is 42.5 Å². The number of methoxy groups -OCH3 is 1. The summed E-state index contributed by atoms with van der Waals surface area (Å²) in [5, 5.41) is 22.7. The molecule has 0 atom stereocenters. The molecule has 37 heavy (non-hydrogen) atoms. The van der Waals surface area contributed by atoms with Gasteiger partial charge < -0.3 is 25.4 Å². The summed E-state index contributed by atoms with van der Waals surface area (Å²) >= 11 is 0. The summed E-state index contributed by atoms with van der Waals surface area (Å²) in [6.45, 7) is 5.94. The number of fused-ring (bicyclic) bond motifs is 1. The SMILES string of the molecule is COc1ccc(CNc2nccc(-c3[nH]nc4nc(N5CCC(C)(NC(=O)O)CC5)cnc34)c2C)cc1. The van der Waals surface area contributed by atoms with Crippen LogP contribution in [0, 0.1) is 6.92 Å². The highest BCUT2D eigenvalue weighted by Crippen LogP contribution is 2.31. The maximum atomic E-state index is 11.1. The molecule has 1 saturated heterocycles. The number of hydrogen-bond donors (Lipinski definition) is 4. The molecule has 4 N–H and O–H groups in total. The molecule has 3 aromatic heterocycles. The number of carbonyl (C=O) groups is 1. The minimum absolute atomic E-state index is 0.433. The lowest BCUT2D eigenvalue weighted by molar-refractivity contribution is 0.173. The van der Waals surface area contributed by atoms with E-state index in [1.54, 1.807) is 19.5 Å². The van der Waals surface area contributed by atoms with Gasteiger partial charge in [0.05, 0.1) is 19.0 Å². The van der Waals surface area contributed by atoms with E-state index in [-0.39, 0.29) is 0 Å². The van der Waals surface area contributed by atoms with Crippen LogP contribution in [0.5, 0.6) is 5.75 Å². The molecule has 0 saturated carbocycles. The Morgan fingerprint density at radius 3 is 2.65 bits per heavy atom. The Morgan fingerprint density at radius 1 is 1.19 bits per heavy atom. The molecule has 1 amide bonds. The summed E-state index contributed by atoms with van der Waals surface area (Å²) in [7, 11) is 1.65. The number of amides is 1. The number of pyridine rings is 1. The lowest BCUT2D eigenvalue weighted by Crippen LogP contribution is -2.53. The fraction of sp³-hybridized carbons (Fsp3) is 0.346. The van der Waals surface area contributed by atoms with Gasteiger partial charge in [-0.3, -0.25) is 5.10 Å². The van der Waals surface area contributed by atoms with E-state index in [1.807, 2.05) is 44.2 Å². The molecular weight excluding hydrogens is 472 g/mol. The Kier molecular flexibility index (Phi) is 6.51. The molecular formula is C26H30N8O3. The Labute approximate surface area is 214 Å². The molecule has 1 aliphatic heterocycles. The zero-order valence-electron chi connectivity index (χ0n) is 21.1. The van der Waals surface area contributed by atoms with E-state index in [9.17, 15) is 4.79 Å². The van der Waals surface area contributed by atoms with E-state index in [2.05, 4.69) is 30.7 Å². The van der Waals surface area contributed by atoms with E-state index in [0.717, 1.165) is 39.8 Å². The fourth-order valence-electron chi connectivity index (χ4n) is 4.65. The van der Waals surface area contributed by atoms with Crippen LogP contribution in [0.4, 0.5) is 16.4 Å². The number of aromatic amines is 1. The number of H-pyrrole nitrogens is 1. The van der Waals surface area contributed by atoms with Crippen molar-refractivity contribution in [1.29, 1.82) is 0 Å². The predicted octanol–water partition coefficient (Wildman–Crippen LogP) is 3.97. The molecule has 0 aliphatic carbocycles. The van der Waals surface area contributed by atoms with Gasteiger partial charge >= 0.3 is 6.09 Å². The second-order valence-corrected chi connectivity index (χ2v) is 9.51. The van der Waals surface area contributed by atoms with Crippen LogP contribution in [-0.2, 0) is 6.54 Å². The van der Waals surface area contributed by atoms with Crippen molar-refractivity contribution in [3.05, 3.63) is 53.9 Å². The summed E-state index contributed by atoms with van der Waals surface area (Å²) in [6, 6.07) is 9.86. The van der Waals surface area contributed by atoms with Gasteiger partial charge in [0.25, 0.3) is 0 Å². The summed E-state index contributed by atoms with van der Waals surface area (Å²) in [4.78, 5) is 27.2. The number of piperidine rings is 1. The number of aromatic nitrogens is 5. The van der Waals surface area contributed by atoms with Crippen molar-refractivity contribution >= 4 is 28.9 Å². The largest absolute Gasteiger partial charge is 0.497 e. The molecule has 4 aromatic rings. The lowest BCUT2D eigenvalue weighted by atomic mass is 9.90. The fourth-order valence-corrected chi connectivity index (χ4v) is 4.65. The molecule has 4 heterocycles. The molecule has 0 spiro atoms. The second-order valence-electron chi connectivity index (χ2n) is 9.51. The van der Waals surface area contributed by atoms with Crippen molar-refractivity contribution in [2.75, 3.05) is 30.4 Å². The molecule has 11 nitrogen and oxygen atoms in total. The highest BCUT2D eigenvalue weighted by atomic mass is 16.5. The van der Waals surface area contributed by atoms with Gasteiger partial charge in [-0.25, -0.2) is 19.7 Å². The first kappa shape index (κ1) is 24.3. The Morgan fingerprint density at radius 2 is 1.95 bits per heavy atom. The Balaban J connectivity index is 1.33. The predicted molar refractivity (Wildman–Crippen MR) is 141 cm³/mol. The quantitative estimate of drug-likeness (QED) is 0.295. The van der Waals surface area contributed by atoms with Gasteiger partial charge in [0.15, 0.2) is 0 Å². The molecule has 11 heteroatoms. The number of rotatable bonds is 7. The van der Waals surface area contributed by atoms with Gasteiger partial charge in [0.1, 0.15) is 22.9 Å². The van der Waals surface area contributed by atoms with E-state index in [1.165, 1.54) is 0 Å². The van der Waals surface area contributed by atoms with Crippen molar-refractivity contribution in [3.63, 3.8) is 0 Å². The number of ether oxygens (including phenoxy) is 1. The molecule has 1 fully saturated rings. The molecule has 1 aliphatic rings. The third-order valence-corrected chi connectivity index (χ3v) is 6.94. The van der Waals surface area contributed by atoms with Gasteiger partial charge in [0.2, 0.25) is 5.65 Å². The maximum absolute atomic E-state index is 11.1. The van der Waals surface area contributed by atoms with Crippen LogP contribution in [0.25, 0.3) is 22.4 Å². The number of hydrogen-bond acceptors (Lipinski definition) is 8. The monoisotopic (exact) mass is 502 g/mol. The minimum atomic E-state index is -0.994. The number of anilines is 2. The second kappa shape index (κ2) is 9.92. The third kappa shape index (κ3) is 5.11. The lowest BCUT2D eigenvalue weighted by Gasteiger charge is -2.39. The van der Waals surface area contributed by atoms with Crippen LogP contribution in [0.2, 0.25) is 0 Å². The number of nitrogens with one attached hydrogen (secondary N) is 3. The summed E-state index contributed by atoms with van der Waals surface area (Å²) in [5.74, 6) is 2.34. The van der Waals surface area contributed by atoms with Gasteiger partial charge in [-0.1, -0.05) is 12.1 Å². The van der Waals surface area contributed by atoms with Crippen molar-refractivity contribution < 1.29 is 14.6 Å². The van der Waals surface area contributed by atoms with Crippen molar-refractivity contribution in [2.45, 2.75) is 38.8 Å². The van der Waals surface area contributed by atoms with Gasteiger partial charge in [-0.2, -0.15) is 5.10 Å². The van der Waals surface area contributed by atoms with E-state index in [4.69, 9.17) is 19.8 Å². The average molecular weight is 503 g/mol. The third-order valence-electron chi connectivity index (χ3n) is 6.94. The zero-order valence-corrected chi connectivity index (χ0v) is 21.1. The molecule has 0 bridgehead atoms. The van der Waals surface area contributed by atoms with Crippen LogP contribution >= 0.6 is 0 Å². The number of nitrogens with zero attached hydrogens (tertiary/aromatic N) is 5. The standard InChI is InChI=1S/C26H30N8O3/c1-16-19(8-11-27-23(16)29-14-17-4-6-18(37-3)7-5-17)21-22-24(33-32-21)30-20(15-28-22)34-12-9-26(2,10-13-34)31-25(35)36/h4-8,11,15,31H,9-10,12-14H2,1-3H3,(H,27,29)(H,35,36)(H,30,32,33). The van der Waals surface area contributed by atoms with Crippen molar-refractivity contribution in [3.8, 4) is 17.0 Å². The Bertz CT molecular complexity index is 1410.